The minimum Gasteiger partial charge on any atom is -0.489 e. The fraction of sp³-hybridized carbons (Fsp3) is 0.143. The van der Waals surface area contributed by atoms with Crippen LogP contribution in [0.15, 0.2) is 40.9 Å². The molecule has 2 aromatic rings. The molecule has 0 fully saturated rings. The highest BCUT2D eigenvalue weighted by Gasteiger charge is 2.11. The van der Waals surface area contributed by atoms with E-state index in [1.165, 1.54) is 24.3 Å². The average Bonchev–Trinajstić information content (AvgIpc) is 2.43. The summed E-state index contributed by atoms with van der Waals surface area (Å²) >= 11 is 3.18. The molecule has 1 N–H and O–H groups in total. The second-order valence-electron chi connectivity index (χ2n) is 4.24. The minimum absolute atomic E-state index is 0.0203. The number of anilines is 1. The van der Waals surface area contributed by atoms with Gasteiger partial charge in [0, 0.05) is 41.0 Å². The molecule has 0 unspecified atom stereocenters. The van der Waals surface area contributed by atoms with Gasteiger partial charge in [0.1, 0.15) is 18.2 Å². The average molecular weight is 355 g/mol. The first kappa shape index (κ1) is 15.2. The first-order chi connectivity index (χ1) is 9.99. The molecule has 0 spiro atoms. The topological polar surface area (TPSA) is 64.4 Å². The van der Waals surface area contributed by atoms with Gasteiger partial charge in [0.05, 0.1) is 4.92 Å². The van der Waals surface area contributed by atoms with Crippen molar-refractivity contribution < 1.29 is 14.1 Å². The van der Waals surface area contributed by atoms with Crippen LogP contribution in [-0.4, -0.2) is 12.0 Å². The summed E-state index contributed by atoms with van der Waals surface area (Å²) in [4.78, 5) is 10.3. The fourth-order valence-electron chi connectivity index (χ4n) is 1.83. The Kier molecular flexibility index (Phi) is 4.74. The quantitative estimate of drug-likeness (QED) is 0.647. The lowest BCUT2D eigenvalue weighted by atomic mass is 10.1. The summed E-state index contributed by atoms with van der Waals surface area (Å²) in [5, 5.41) is 13.7. The summed E-state index contributed by atoms with van der Waals surface area (Å²) in [7, 11) is 1.71. The van der Waals surface area contributed by atoms with Crippen molar-refractivity contribution in [3.8, 4) is 5.75 Å². The number of nitrogens with zero attached hydrogens (tertiary/aromatic N) is 1. The molecule has 0 aliphatic rings. The maximum atomic E-state index is 13.3. The maximum Gasteiger partial charge on any atom is 0.269 e. The molecule has 2 rings (SSSR count). The predicted octanol–water partition coefficient (Wildman–Crippen LogP) is 4.12. The van der Waals surface area contributed by atoms with E-state index in [9.17, 15) is 14.5 Å². The molecular weight excluding hydrogens is 343 g/mol. The van der Waals surface area contributed by atoms with Crippen LogP contribution < -0.4 is 10.1 Å². The largest absolute Gasteiger partial charge is 0.489 e. The Hall–Kier alpha value is -2.15. The van der Waals surface area contributed by atoms with Crippen molar-refractivity contribution >= 4 is 27.3 Å². The monoisotopic (exact) mass is 354 g/mol. The van der Waals surface area contributed by atoms with Crippen LogP contribution in [0.4, 0.5) is 15.8 Å². The Labute approximate surface area is 129 Å². The van der Waals surface area contributed by atoms with Crippen LogP contribution in [0, 0.1) is 15.9 Å². The van der Waals surface area contributed by atoms with Crippen LogP contribution in [-0.2, 0) is 6.61 Å². The van der Waals surface area contributed by atoms with E-state index in [4.69, 9.17) is 4.74 Å². The Bertz CT molecular complexity index is 659. The lowest BCUT2D eigenvalue weighted by Gasteiger charge is -2.11. The first-order valence-electron chi connectivity index (χ1n) is 6.03. The minimum atomic E-state index is -0.471. The smallest absolute Gasteiger partial charge is 0.269 e. The van der Waals surface area contributed by atoms with Gasteiger partial charge < -0.3 is 10.1 Å². The SMILES string of the molecule is CNc1ccc([N+](=O)[O-])cc1COc1cc(F)cc(Br)c1. The molecule has 0 heterocycles. The van der Waals surface area contributed by atoms with Crippen LogP contribution in [0.25, 0.3) is 0 Å². The standard InChI is InChI=1S/C14H12BrFN2O3/c1-17-14-3-2-12(18(19)20)4-9(14)8-21-13-6-10(15)5-11(16)7-13/h2-7,17H,8H2,1H3. The summed E-state index contributed by atoms with van der Waals surface area (Å²) in [6.45, 7) is 0.0910. The Balaban J connectivity index is 2.21. The van der Waals surface area contributed by atoms with Gasteiger partial charge in [-0.05, 0) is 18.2 Å². The molecule has 0 aliphatic heterocycles. The highest BCUT2D eigenvalue weighted by atomic mass is 79.9. The van der Waals surface area contributed by atoms with Gasteiger partial charge in [-0.3, -0.25) is 10.1 Å². The number of hydrogen-bond acceptors (Lipinski definition) is 4. The van der Waals surface area contributed by atoms with E-state index in [0.717, 1.165) is 5.69 Å². The van der Waals surface area contributed by atoms with Crippen molar-refractivity contribution in [3.63, 3.8) is 0 Å². The molecule has 0 aliphatic carbocycles. The zero-order valence-corrected chi connectivity index (χ0v) is 12.7. The van der Waals surface area contributed by atoms with Gasteiger partial charge >= 0.3 is 0 Å². The van der Waals surface area contributed by atoms with Crippen LogP contribution in [0.1, 0.15) is 5.56 Å². The number of hydrogen-bond donors (Lipinski definition) is 1. The third-order valence-electron chi connectivity index (χ3n) is 2.80. The molecule has 0 amide bonds. The Morgan fingerprint density at radius 2 is 2.10 bits per heavy atom. The van der Waals surface area contributed by atoms with E-state index >= 15 is 0 Å². The van der Waals surface area contributed by atoms with Crippen molar-refractivity contribution in [3.05, 3.63) is 62.4 Å². The van der Waals surface area contributed by atoms with E-state index in [1.807, 2.05) is 0 Å². The number of nitro benzene ring substituents is 1. The van der Waals surface area contributed by atoms with Gasteiger partial charge in [-0.1, -0.05) is 15.9 Å². The Morgan fingerprint density at radius 1 is 1.33 bits per heavy atom. The van der Waals surface area contributed by atoms with Crippen molar-refractivity contribution in [2.24, 2.45) is 0 Å². The van der Waals surface area contributed by atoms with E-state index in [2.05, 4.69) is 21.2 Å². The van der Waals surface area contributed by atoms with Crippen LogP contribution >= 0.6 is 15.9 Å². The van der Waals surface area contributed by atoms with E-state index < -0.39 is 10.7 Å². The molecule has 0 bridgehead atoms. The first-order valence-corrected chi connectivity index (χ1v) is 6.83. The molecule has 0 saturated heterocycles. The van der Waals surface area contributed by atoms with Crippen molar-refractivity contribution in [2.45, 2.75) is 6.61 Å². The third kappa shape index (κ3) is 3.91. The maximum absolute atomic E-state index is 13.3. The normalized spacial score (nSPS) is 10.2. The van der Waals surface area contributed by atoms with Crippen molar-refractivity contribution in [1.29, 1.82) is 0 Å². The molecule has 5 nitrogen and oxygen atoms in total. The van der Waals surface area contributed by atoms with Crippen LogP contribution in [0.2, 0.25) is 0 Å². The summed E-state index contributed by atoms with van der Waals surface area (Å²) in [6.07, 6.45) is 0. The van der Waals surface area contributed by atoms with Gasteiger partial charge in [-0.25, -0.2) is 4.39 Å². The Morgan fingerprint density at radius 3 is 2.71 bits per heavy atom. The second-order valence-corrected chi connectivity index (χ2v) is 5.16. The molecule has 0 radical (unpaired) electrons. The zero-order chi connectivity index (χ0) is 15.4. The number of ether oxygens (including phenoxy) is 1. The van der Waals surface area contributed by atoms with Gasteiger partial charge in [-0.15, -0.1) is 0 Å². The van der Waals surface area contributed by atoms with Crippen molar-refractivity contribution in [1.82, 2.24) is 0 Å². The van der Waals surface area contributed by atoms with Gasteiger partial charge in [0.25, 0.3) is 5.69 Å². The number of nitrogens with one attached hydrogen (secondary N) is 1. The summed E-state index contributed by atoms with van der Waals surface area (Å²) in [5.74, 6) is -0.0808. The van der Waals surface area contributed by atoms with E-state index in [0.29, 0.717) is 15.8 Å². The zero-order valence-electron chi connectivity index (χ0n) is 11.1. The van der Waals surface area contributed by atoms with Crippen LogP contribution in [0.3, 0.4) is 0 Å². The molecule has 0 saturated carbocycles. The lowest BCUT2D eigenvalue weighted by Crippen LogP contribution is -2.02. The highest BCUT2D eigenvalue weighted by molar-refractivity contribution is 9.10. The van der Waals surface area contributed by atoms with Crippen LogP contribution in [0.5, 0.6) is 5.75 Å². The van der Waals surface area contributed by atoms with E-state index in [-0.39, 0.29) is 12.3 Å². The van der Waals surface area contributed by atoms with Gasteiger partial charge in [-0.2, -0.15) is 0 Å². The molecular formula is C14H12BrFN2O3. The van der Waals surface area contributed by atoms with Crippen molar-refractivity contribution in [2.75, 3.05) is 12.4 Å². The molecule has 7 heteroatoms. The van der Waals surface area contributed by atoms with Gasteiger partial charge in [0.2, 0.25) is 0 Å². The molecule has 21 heavy (non-hydrogen) atoms. The second kappa shape index (κ2) is 6.53. The molecule has 110 valence electrons. The number of nitro groups is 1. The number of non-ortho nitro benzene ring substituents is 1. The number of halogens is 2. The molecule has 0 aromatic heterocycles. The highest BCUT2D eigenvalue weighted by Crippen LogP contribution is 2.25. The fourth-order valence-corrected chi connectivity index (χ4v) is 2.27. The van der Waals surface area contributed by atoms with E-state index in [1.54, 1.807) is 19.2 Å². The number of rotatable bonds is 5. The lowest BCUT2D eigenvalue weighted by molar-refractivity contribution is -0.384. The predicted molar refractivity (Wildman–Crippen MR) is 81.1 cm³/mol. The third-order valence-corrected chi connectivity index (χ3v) is 3.26. The summed E-state index contributed by atoms with van der Waals surface area (Å²) in [6, 6.07) is 8.65. The molecule has 0 atom stereocenters. The molecule has 2 aromatic carbocycles. The number of benzene rings is 2. The summed E-state index contributed by atoms with van der Waals surface area (Å²) < 4.78 is 19.3. The van der Waals surface area contributed by atoms with Gasteiger partial charge in [0.15, 0.2) is 0 Å². The summed E-state index contributed by atoms with van der Waals surface area (Å²) in [5.41, 5.74) is 1.32.